The van der Waals surface area contributed by atoms with E-state index in [1.807, 2.05) is 33.8 Å². The van der Waals surface area contributed by atoms with Gasteiger partial charge in [-0.25, -0.2) is 4.79 Å². The first kappa shape index (κ1) is 19.5. The standard InChI is InChI=1S/C20H27N5O4/c1-12-8-16-14(11-24(12)19(27)29-20(2,3)4)17-18(26)23(5)9-13(10-25(17)21-16)15-6-7-28-22-15/h6-7,12-13H,8-11H2,1-5H3/t12-,13?/m1/s1. The SMILES string of the molecule is C[C@@H]1Cc2nn3c(c2CN1C(=O)OC(C)(C)C)C(=O)N(C)CC(c1ccon1)C3. The lowest BCUT2D eigenvalue weighted by Gasteiger charge is -2.34. The fourth-order valence-corrected chi connectivity index (χ4v) is 4.01. The van der Waals surface area contributed by atoms with E-state index >= 15 is 0 Å². The van der Waals surface area contributed by atoms with Gasteiger partial charge in [0.05, 0.1) is 24.5 Å². The van der Waals surface area contributed by atoms with Crippen LogP contribution in [-0.4, -0.2) is 62.0 Å². The van der Waals surface area contributed by atoms with Crippen molar-refractivity contribution in [2.24, 2.45) is 0 Å². The molecule has 9 heteroatoms. The first-order valence-electron chi connectivity index (χ1n) is 9.88. The van der Waals surface area contributed by atoms with Crippen LogP contribution in [0, 0.1) is 0 Å². The summed E-state index contributed by atoms with van der Waals surface area (Å²) in [6, 6.07) is 1.76. The molecule has 0 spiro atoms. The van der Waals surface area contributed by atoms with E-state index in [4.69, 9.17) is 14.4 Å². The van der Waals surface area contributed by atoms with Crippen LogP contribution >= 0.6 is 0 Å². The topological polar surface area (TPSA) is 93.7 Å². The molecule has 9 nitrogen and oxygen atoms in total. The molecular weight excluding hydrogens is 374 g/mol. The van der Waals surface area contributed by atoms with E-state index in [0.29, 0.717) is 31.7 Å². The van der Waals surface area contributed by atoms with Gasteiger partial charge in [0.15, 0.2) is 0 Å². The molecular formula is C20H27N5O4. The molecule has 0 radical (unpaired) electrons. The molecule has 0 aliphatic carbocycles. The van der Waals surface area contributed by atoms with Gasteiger partial charge in [-0.05, 0) is 27.7 Å². The largest absolute Gasteiger partial charge is 0.444 e. The summed E-state index contributed by atoms with van der Waals surface area (Å²) in [6.07, 6.45) is 1.75. The molecule has 2 atom stereocenters. The molecule has 29 heavy (non-hydrogen) atoms. The summed E-state index contributed by atoms with van der Waals surface area (Å²) in [5.41, 5.74) is 2.46. The minimum atomic E-state index is -0.576. The molecule has 2 aromatic rings. The molecule has 0 N–H and O–H groups in total. The van der Waals surface area contributed by atoms with Crippen LogP contribution in [0.5, 0.6) is 0 Å². The van der Waals surface area contributed by atoms with Gasteiger partial charge >= 0.3 is 6.09 Å². The Hall–Kier alpha value is -2.84. The molecule has 0 saturated carbocycles. The van der Waals surface area contributed by atoms with Crippen molar-refractivity contribution in [3.8, 4) is 0 Å². The monoisotopic (exact) mass is 401 g/mol. The van der Waals surface area contributed by atoms with E-state index in [-0.39, 0.29) is 24.0 Å². The van der Waals surface area contributed by atoms with Gasteiger partial charge in [0, 0.05) is 43.6 Å². The van der Waals surface area contributed by atoms with Crippen LogP contribution in [0.15, 0.2) is 16.9 Å². The Labute approximate surface area is 169 Å². The summed E-state index contributed by atoms with van der Waals surface area (Å²) in [4.78, 5) is 29.2. The number of likely N-dealkylation sites (N-methyl/N-ethyl adjacent to an activating group) is 1. The lowest BCUT2D eigenvalue weighted by molar-refractivity contribution is 0.0136. The van der Waals surface area contributed by atoms with E-state index in [0.717, 1.165) is 17.0 Å². The zero-order valence-electron chi connectivity index (χ0n) is 17.5. The van der Waals surface area contributed by atoms with Crippen LogP contribution in [-0.2, 0) is 24.2 Å². The van der Waals surface area contributed by atoms with E-state index in [9.17, 15) is 9.59 Å². The Kier molecular flexibility index (Phi) is 4.63. The van der Waals surface area contributed by atoms with Crippen molar-refractivity contribution in [3.63, 3.8) is 0 Å². The van der Waals surface area contributed by atoms with Crippen LogP contribution in [0.2, 0.25) is 0 Å². The molecule has 1 unspecified atom stereocenters. The van der Waals surface area contributed by atoms with E-state index in [2.05, 4.69) is 5.16 Å². The number of hydrogen-bond acceptors (Lipinski definition) is 6. The maximum atomic E-state index is 13.2. The number of amides is 2. The molecule has 0 saturated heterocycles. The van der Waals surface area contributed by atoms with Gasteiger partial charge in [-0.3, -0.25) is 9.48 Å². The normalized spacial score (nSPS) is 22.2. The maximum Gasteiger partial charge on any atom is 0.410 e. The van der Waals surface area contributed by atoms with Crippen LogP contribution in [0.1, 0.15) is 61.1 Å². The molecule has 2 aliphatic rings. The molecule has 4 heterocycles. The quantitative estimate of drug-likeness (QED) is 0.728. The van der Waals surface area contributed by atoms with E-state index in [1.165, 1.54) is 6.26 Å². The molecule has 0 fully saturated rings. The molecule has 0 aromatic carbocycles. The smallest absolute Gasteiger partial charge is 0.410 e. The van der Waals surface area contributed by atoms with Crippen molar-refractivity contribution in [2.45, 2.75) is 64.8 Å². The average Bonchev–Trinajstić information content (AvgIpc) is 3.23. The van der Waals surface area contributed by atoms with Crippen LogP contribution in [0.25, 0.3) is 0 Å². The predicted molar refractivity (Wildman–Crippen MR) is 103 cm³/mol. The second-order valence-corrected chi connectivity index (χ2v) is 8.92. The van der Waals surface area contributed by atoms with Gasteiger partial charge in [-0.1, -0.05) is 5.16 Å². The van der Waals surface area contributed by atoms with Gasteiger partial charge in [0.2, 0.25) is 0 Å². The third kappa shape index (κ3) is 3.61. The Morgan fingerprint density at radius 1 is 1.31 bits per heavy atom. The van der Waals surface area contributed by atoms with Crippen molar-refractivity contribution in [1.82, 2.24) is 24.7 Å². The molecule has 4 rings (SSSR count). The minimum Gasteiger partial charge on any atom is -0.444 e. The number of carbonyl (C=O) groups excluding carboxylic acids is 2. The number of nitrogens with zero attached hydrogens (tertiary/aromatic N) is 5. The van der Waals surface area contributed by atoms with Gasteiger partial charge in [0.1, 0.15) is 17.6 Å². The summed E-state index contributed by atoms with van der Waals surface area (Å²) >= 11 is 0. The van der Waals surface area contributed by atoms with Crippen molar-refractivity contribution < 1.29 is 18.8 Å². The second-order valence-electron chi connectivity index (χ2n) is 8.92. The summed E-state index contributed by atoms with van der Waals surface area (Å²) < 4.78 is 12.3. The van der Waals surface area contributed by atoms with Crippen molar-refractivity contribution >= 4 is 12.0 Å². The van der Waals surface area contributed by atoms with Crippen LogP contribution < -0.4 is 0 Å². The first-order chi connectivity index (χ1) is 13.6. The lowest BCUT2D eigenvalue weighted by atomic mass is 9.99. The lowest BCUT2D eigenvalue weighted by Crippen LogP contribution is -2.45. The highest BCUT2D eigenvalue weighted by Gasteiger charge is 2.38. The number of ether oxygens (including phenoxy) is 1. The number of aromatic nitrogens is 3. The number of hydrogen-bond donors (Lipinski definition) is 0. The summed E-state index contributed by atoms with van der Waals surface area (Å²) in [6.45, 7) is 8.89. The zero-order chi connectivity index (χ0) is 20.9. The molecule has 2 aliphatic heterocycles. The summed E-state index contributed by atoms with van der Waals surface area (Å²) in [5, 5.41) is 8.80. The number of carbonyl (C=O) groups is 2. The average molecular weight is 401 g/mol. The molecule has 156 valence electrons. The van der Waals surface area contributed by atoms with Crippen molar-refractivity contribution in [3.05, 3.63) is 35.0 Å². The highest BCUT2D eigenvalue weighted by molar-refractivity contribution is 5.94. The second kappa shape index (κ2) is 6.89. The Morgan fingerprint density at radius 2 is 2.07 bits per heavy atom. The van der Waals surface area contributed by atoms with Crippen LogP contribution in [0.3, 0.4) is 0 Å². The van der Waals surface area contributed by atoms with Gasteiger partial charge in [0.25, 0.3) is 5.91 Å². The highest BCUT2D eigenvalue weighted by Crippen LogP contribution is 2.31. The zero-order valence-corrected chi connectivity index (χ0v) is 17.5. The molecule has 2 amide bonds. The maximum absolute atomic E-state index is 13.2. The van der Waals surface area contributed by atoms with E-state index in [1.54, 1.807) is 21.5 Å². The highest BCUT2D eigenvalue weighted by atomic mass is 16.6. The molecule has 0 bridgehead atoms. The fraction of sp³-hybridized carbons (Fsp3) is 0.600. The third-order valence-corrected chi connectivity index (χ3v) is 5.42. The fourth-order valence-electron chi connectivity index (χ4n) is 4.01. The predicted octanol–water partition coefficient (Wildman–Crippen LogP) is 2.42. The van der Waals surface area contributed by atoms with E-state index < -0.39 is 5.60 Å². The van der Waals surface area contributed by atoms with Gasteiger partial charge in [-0.15, -0.1) is 0 Å². The van der Waals surface area contributed by atoms with Crippen molar-refractivity contribution in [2.75, 3.05) is 13.6 Å². The summed E-state index contributed by atoms with van der Waals surface area (Å²) in [5.74, 6) is -0.104. The Balaban J connectivity index is 1.68. The van der Waals surface area contributed by atoms with Crippen molar-refractivity contribution in [1.29, 1.82) is 0 Å². The number of rotatable bonds is 1. The molecule has 2 aromatic heterocycles. The Morgan fingerprint density at radius 3 is 2.72 bits per heavy atom. The summed E-state index contributed by atoms with van der Waals surface area (Å²) in [7, 11) is 1.78. The van der Waals surface area contributed by atoms with Gasteiger partial charge < -0.3 is 19.1 Å². The van der Waals surface area contributed by atoms with Gasteiger partial charge in [-0.2, -0.15) is 5.10 Å². The van der Waals surface area contributed by atoms with Crippen LogP contribution in [0.4, 0.5) is 4.79 Å². The first-order valence-corrected chi connectivity index (χ1v) is 9.88. The number of fused-ring (bicyclic) bond motifs is 3. The Bertz CT molecular complexity index is 928. The third-order valence-electron chi connectivity index (χ3n) is 5.42. The minimum absolute atomic E-state index is 0.00955.